The van der Waals surface area contributed by atoms with E-state index >= 15 is 0 Å². The Kier molecular flexibility index (Phi) is 3.98. The van der Waals surface area contributed by atoms with Crippen LogP contribution in [0.3, 0.4) is 0 Å². The Morgan fingerprint density at radius 1 is 1.71 bits per heavy atom. The molecule has 1 unspecified atom stereocenters. The third-order valence-electron chi connectivity index (χ3n) is 0.674. The molecule has 1 atom stereocenters. The zero-order valence-electron chi connectivity index (χ0n) is 4.39. The molecule has 0 aromatic rings. The van der Waals surface area contributed by atoms with Gasteiger partial charge in [-0.05, 0) is 13.3 Å². The fourth-order valence-corrected chi connectivity index (χ4v) is 0.273. The van der Waals surface area contributed by atoms with Gasteiger partial charge in [-0.15, -0.1) is 0 Å². The second kappa shape index (κ2) is 4.05. The minimum atomic E-state index is -0.320. The number of rotatable bonds is 3. The van der Waals surface area contributed by atoms with E-state index in [1.54, 1.807) is 6.92 Å². The first-order valence-corrected chi connectivity index (χ1v) is 2.32. The second-order valence-corrected chi connectivity index (χ2v) is 1.55. The van der Waals surface area contributed by atoms with Crippen molar-refractivity contribution in [3.05, 3.63) is 0 Å². The van der Waals surface area contributed by atoms with Gasteiger partial charge in [-0.2, -0.15) is 0 Å². The maximum Gasteiger partial charge on any atom is 0.0525 e. The minimum absolute atomic E-state index is 0.320. The van der Waals surface area contributed by atoms with Crippen LogP contribution in [-0.2, 0) is 0 Å². The predicted molar refractivity (Wildman–Crippen MR) is 26.1 cm³/mol. The number of nitrogens with one attached hydrogen (secondary N) is 1. The van der Waals surface area contributed by atoms with E-state index in [1.165, 1.54) is 0 Å². The first-order valence-electron chi connectivity index (χ1n) is 2.32. The van der Waals surface area contributed by atoms with Gasteiger partial charge in [0.1, 0.15) is 0 Å². The van der Waals surface area contributed by atoms with Crippen LogP contribution < -0.4 is 5.48 Å². The van der Waals surface area contributed by atoms with Crippen LogP contribution in [-0.4, -0.2) is 23.0 Å². The van der Waals surface area contributed by atoms with Gasteiger partial charge >= 0.3 is 0 Å². The molecule has 3 N–H and O–H groups in total. The number of hydrogen-bond donors (Lipinski definition) is 3. The molecule has 0 aliphatic heterocycles. The van der Waals surface area contributed by atoms with Crippen molar-refractivity contribution in [1.82, 2.24) is 5.48 Å². The lowest BCUT2D eigenvalue weighted by Gasteiger charge is -1.99. The molecule has 0 fully saturated rings. The summed E-state index contributed by atoms with van der Waals surface area (Å²) in [6.45, 7) is 2.13. The number of aliphatic hydroxyl groups is 1. The molecule has 0 heterocycles. The van der Waals surface area contributed by atoms with Gasteiger partial charge in [-0.1, -0.05) is 0 Å². The summed E-state index contributed by atoms with van der Waals surface area (Å²) >= 11 is 0. The summed E-state index contributed by atoms with van der Waals surface area (Å²) in [5.74, 6) is 0. The van der Waals surface area contributed by atoms with Gasteiger partial charge < -0.3 is 10.3 Å². The van der Waals surface area contributed by atoms with Crippen molar-refractivity contribution in [3.63, 3.8) is 0 Å². The number of hydroxylamine groups is 1. The maximum absolute atomic E-state index is 8.53. The van der Waals surface area contributed by atoms with E-state index in [9.17, 15) is 0 Å². The third-order valence-corrected chi connectivity index (χ3v) is 0.674. The van der Waals surface area contributed by atoms with Gasteiger partial charge in [0.25, 0.3) is 0 Å². The van der Waals surface area contributed by atoms with Crippen LogP contribution in [0.25, 0.3) is 0 Å². The van der Waals surface area contributed by atoms with Crippen LogP contribution in [0.2, 0.25) is 0 Å². The molecule has 0 aromatic heterocycles. The molecule has 0 amide bonds. The molecular formula is C4H11NO2. The average molecular weight is 105 g/mol. The highest BCUT2D eigenvalue weighted by Crippen LogP contribution is 1.83. The van der Waals surface area contributed by atoms with Crippen molar-refractivity contribution in [2.45, 2.75) is 19.4 Å². The molecule has 0 saturated carbocycles. The normalized spacial score (nSPS) is 14.1. The predicted octanol–water partition coefficient (Wildman–Crippen LogP) is -0.264. The Labute approximate surface area is 42.9 Å². The molecule has 0 spiro atoms. The van der Waals surface area contributed by atoms with Crippen molar-refractivity contribution < 1.29 is 10.3 Å². The zero-order chi connectivity index (χ0) is 5.70. The monoisotopic (exact) mass is 105 g/mol. The molecule has 3 nitrogen and oxygen atoms in total. The molecule has 3 heteroatoms. The number of hydrogen-bond acceptors (Lipinski definition) is 3. The summed E-state index contributed by atoms with van der Waals surface area (Å²) in [7, 11) is 0. The van der Waals surface area contributed by atoms with Gasteiger partial charge in [-0.3, -0.25) is 0 Å². The van der Waals surface area contributed by atoms with Crippen LogP contribution in [0, 0.1) is 0 Å². The standard InChI is InChI=1S/C4H11NO2/c1-4(6)2-3-5-7/h4-7H,2-3H2,1H3. The first kappa shape index (κ1) is 6.88. The summed E-state index contributed by atoms with van der Waals surface area (Å²) in [4.78, 5) is 0. The highest BCUT2D eigenvalue weighted by atomic mass is 16.5. The molecule has 0 bridgehead atoms. The fraction of sp³-hybridized carbons (Fsp3) is 1.00. The van der Waals surface area contributed by atoms with Crippen molar-refractivity contribution in [3.8, 4) is 0 Å². The van der Waals surface area contributed by atoms with Gasteiger partial charge in [0.15, 0.2) is 0 Å². The summed E-state index contributed by atoms with van der Waals surface area (Å²) in [6, 6.07) is 0. The van der Waals surface area contributed by atoms with Crippen LogP contribution in [0.5, 0.6) is 0 Å². The largest absolute Gasteiger partial charge is 0.393 e. The third kappa shape index (κ3) is 5.88. The summed E-state index contributed by atoms with van der Waals surface area (Å²) in [5, 5.41) is 16.5. The van der Waals surface area contributed by atoms with Crippen molar-refractivity contribution in [2.75, 3.05) is 6.54 Å². The van der Waals surface area contributed by atoms with E-state index in [0.717, 1.165) is 0 Å². The topological polar surface area (TPSA) is 52.5 Å². The zero-order valence-corrected chi connectivity index (χ0v) is 4.39. The van der Waals surface area contributed by atoms with Gasteiger partial charge in [0, 0.05) is 6.54 Å². The van der Waals surface area contributed by atoms with Gasteiger partial charge in [0.05, 0.1) is 6.10 Å². The lowest BCUT2D eigenvalue weighted by Crippen LogP contribution is -2.14. The SMILES string of the molecule is CC(O)CCNO. The summed E-state index contributed by atoms with van der Waals surface area (Å²) in [5.41, 5.74) is 1.94. The molecule has 0 radical (unpaired) electrons. The first-order chi connectivity index (χ1) is 3.27. The van der Waals surface area contributed by atoms with E-state index in [4.69, 9.17) is 10.3 Å². The molecule has 7 heavy (non-hydrogen) atoms. The summed E-state index contributed by atoms with van der Waals surface area (Å²) in [6.07, 6.45) is 0.274. The quantitative estimate of drug-likeness (QED) is 0.433. The Hall–Kier alpha value is -0.120. The Morgan fingerprint density at radius 3 is 2.43 bits per heavy atom. The highest BCUT2D eigenvalue weighted by Gasteiger charge is 1.90. The van der Waals surface area contributed by atoms with Crippen LogP contribution in [0.4, 0.5) is 0 Å². The van der Waals surface area contributed by atoms with Gasteiger partial charge in [-0.25, -0.2) is 5.48 Å². The van der Waals surface area contributed by atoms with Crippen LogP contribution in [0.1, 0.15) is 13.3 Å². The second-order valence-electron chi connectivity index (χ2n) is 1.55. The summed E-state index contributed by atoms with van der Waals surface area (Å²) < 4.78 is 0. The Bertz CT molecular complexity index is 38.7. The molecule has 0 saturated heterocycles. The van der Waals surface area contributed by atoms with Crippen LogP contribution in [0.15, 0.2) is 0 Å². The van der Waals surface area contributed by atoms with Crippen molar-refractivity contribution >= 4 is 0 Å². The Balaban J connectivity index is 2.68. The smallest absolute Gasteiger partial charge is 0.0525 e. The molecule has 0 aliphatic carbocycles. The Morgan fingerprint density at radius 2 is 2.29 bits per heavy atom. The van der Waals surface area contributed by atoms with E-state index < -0.39 is 0 Å². The molecular weight excluding hydrogens is 94.0 g/mol. The lowest BCUT2D eigenvalue weighted by molar-refractivity contribution is 0.129. The maximum atomic E-state index is 8.53. The van der Waals surface area contributed by atoms with E-state index in [-0.39, 0.29) is 6.10 Å². The van der Waals surface area contributed by atoms with Crippen molar-refractivity contribution in [1.29, 1.82) is 0 Å². The average Bonchev–Trinajstić information content (AvgIpc) is 1.61. The number of aliphatic hydroxyl groups excluding tert-OH is 1. The molecule has 44 valence electrons. The van der Waals surface area contributed by atoms with Crippen molar-refractivity contribution in [2.24, 2.45) is 0 Å². The molecule has 0 aliphatic rings. The molecule has 0 rings (SSSR count). The van der Waals surface area contributed by atoms with Crippen LogP contribution >= 0.6 is 0 Å². The van der Waals surface area contributed by atoms with E-state index in [2.05, 4.69) is 0 Å². The minimum Gasteiger partial charge on any atom is -0.393 e. The lowest BCUT2D eigenvalue weighted by atomic mass is 10.3. The molecule has 0 aromatic carbocycles. The fourth-order valence-electron chi connectivity index (χ4n) is 0.273. The van der Waals surface area contributed by atoms with Gasteiger partial charge in [0.2, 0.25) is 0 Å². The van der Waals surface area contributed by atoms with E-state index in [1.807, 2.05) is 5.48 Å². The van der Waals surface area contributed by atoms with E-state index in [0.29, 0.717) is 13.0 Å². The highest BCUT2D eigenvalue weighted by molar-refractivity contribution is 4.44.